The van der Waals surface area contributed by atoms with E-state index in [1.807, 2.05) is 24.3 Å². The van der Waals surface area contributed by atoms with Gasteiger partial charge in [-0.05, 0) is 31.5 Å². The molecule has 3 heteroatoms. The predicted molar refractivity (Wildman–Crippen MR) is 80.2 cm³/mol. The van der Waals surface area contributed by atoms with Gasteiger partial charge in [-0.2, -0.15) is 0 Å². The summed E-state index contributed by atoms with van der Waals surface area (Å²) in [5.74, 6) is 0. The van der Waals surface area contributed by atoms with Crippen molar-refractivity contribution in [2.75, 3.05) is 13.1 Å². The summed E-state index contributed by atoms with van der Waals surface area (Å²) in [4.78, 5) is 7.02. The van der Waals surface area contributed by atoms with Gasteiger partial charge in [0.15, 0.2) is 0 Å². The first kappa shape index (κ1) is 13.3. The van der Waals surface area contributed by atoms with Crippen LogP contribution in [0.15, 0.2) is 48.5 Å². The summed E-state index contributed by atoms with van der Waals surface area (Å²) < 4.78 is 0. The molecule has 1 aromatic heterocycles. The molecule has 1 aromatic carbocycles. The topological polar surface area (TPSA) is 36.4 Å². The number of rotatable bonds is 3. The third-order valence-corrected chi connectivity index (χ3v) is 3.74. The second-order valence-electron chi connectivity index (χ2n) is 5.41. The molecule has 20 heavy (non-hydrogen) atoms. The van der Waals surface area contributed by atoms with Crippen LogP contribution in [0.2, 0.25) is 0 Å². The fourth-order valence-corrected chi connectivity index (χ4v) is 2.74. The fourth-order valence-electron chi connectivity index (χ4n) is 2.74. The number of aromatic nitrogens is 1. The molecule has 1 aliphatic rings. The van der Waals surface area contributed by atoms with Gasteiger partial charge in [0.05, 0.1) is 17.5 Å². The average Bonchev–Trinajstić information content (AvgIpc) is 2.48. The van der Waals surface area contributed by atoms with Gasteiger partial charge in [-0.15, -0.1) is 0 Å². The van der Waals surface area contributed by atoms with Gasteiger partial charge in [0.2, 0.25) is 0 Å². The Hall–Kier alpha value is -1.71. The first-order valence-corrected chi connectivity index (χ1v) is 7.23. The molecular weight excluding hydrogens is 248 g/mol. The van der Waals surface area contributed by atoms with Crippen LogP contribution >= 0.6 is 0 Å². The van der Waals surface area contributed by atoms with Gasteiger partial charge < -0.3 is 5.11 Å². The molecule has 0 bridgehead atoms. The molecular formula is C17H20N2O. The monoisotopic (exact) mass is 268 g/mol. The molecule has 2 heterocycles. The number of likely N-dealkylation sites (tertiary alicyclic amines) is 1. The van der Waals surface area contributed by atoms with Crippen LogP contribution in [0, 0.1) is 0 Å². The average molecular weight is 268 g/mol. The van der Waals surface area contributed by atoms with Gasteiger partial charge in [0.1, 0.15) is 0 Å². The Bertz CT molecular complexity index is 556. The Balaban J connectivity index is 1.74. The van der Waals surface area contributed by atoms with Crippen LogP contribution in [-0.2, 0) is 6.54 Å². The fraction of sp³-hybridized carbons (Fsp3) is 0.353. The zero-order valence-corrected chi connectivity index (χ0v) is 11.6. The minimum absolute atomic E-state index is 0.180. The highest BCUT2D eigenvalue weighted by Gasteiger charge is 2.17. The highest BCUT2D eigenvalue weighted by molar-refractivity contribution is 5.58. The number of aliphatic hydroxyl groups is 1. The largest absolute Gasteiger partial charge is 0.392 e. The molecule has 1 unspecified atom stereocenters. The zero-order chi connectivity index (χ0) is 13.8. The Morgan fingerprint density at radius 1 is 1.10 bits per heavy atom. The van der Waals surface area contributed by atoms with Crippen LogP contribution < -0.4 is 0 Å². The molecule has 0 radical (unpaired) electrons. The minimum atomic E-state index is -0.180. The van der Waals surface area contributed by atoms with Gasteiger partial charge in [0.25, 0.3) is 0 Å². The van der Waals surface area contributed by atoms with E-state index >= 15 is 0 Å². The first-order chi connectivity index (χ1) is 9.81. The first-order valence-electron chi connectivity index (χ1n) is 7.23. The number of aliphatic hydroxyl groups excluding tert-OH is 1. The third kappa shape index (κ3) is 3.24. The molecule has 2 aromatic rings. The smallest absolute Gasteiger partial charge is 0.0705 e. The number of piperidine rings is 1. The van der Waals surface area contributed by atoms with E-state index in [4.69, 9.17) is 4.98 Å². The Morgan fingerprint density at radius 2 is 1.95 bits per heavy atom. The zero-order valence-electron chi connectivity index (χ0n) is 11.6. The third-order valence-electron chi connectivity index (χ3n) is 3.74. The van der Waals surface area contributed by atoms with Crippen molar-refractivity contribution in [1.82, 2.24) is 9.88 Å². The lowest BCUT2D eigenvalue weighted by Gasteiger charge is -2.29. The number of nitrogens with zero attached hydrogens (tertiary/aromatic N) is 2. The van der Waals surface area contributed by atoms with Crippen molar-refractivity contribution in [2.24, 2.45) is 0 Å². The van der Waals surface area contributed by atoms with Crippen LogP contribution in [0.1, 0.15) is 18.5 Å². The van der Waals surface area contributed by atoms with E-state index in [9.17, 15) is 5.11 Å². The van der Waals surface area contributed by atoms with Crippen LogP contribution in [0.25, 0.3) is 11.3 Å². The van der Waals surface area contributed by atoms with Crippen LogP contribution in [0.4, 0.5) is 0 Å². The lowest BCUT2D eigenvalue weighted by molar-refractivity contribution is 0.0662. The second kappa shape index (κ2) is 6.16. The second-order valence-corrected chi connectivity index (χ2v) is 5.41. The summed E-state index contributed by atoms with van der Waals surface area (Å²) in [5, 5.41) is 9.73. The van der Waals surface area contributed by atoms with E-state index in [1.54, 1.807) is 0 Å². The van der Waals surface area contributed by atoms with Crippen molar-refractivity contribution in [2.45, 2.75) is 25.5 Å². The van der Waals surface area contributed by atoms with Gasteiger partial charge in [-0.25, -0.2) is 0 Å². The molecule has 1 aliphatic heterocycles. The minimum Gasteiger partial charge on any atom is -0.392 e. The van der Waals surface area contributed by atoms with Crippen molar-refractivity contribution in [3.63, 3.8) is 0 Å². The molecule has 1 fully saturated rings. The quantitative estimate of drug-likeness (QED) is 0.930. The summed E-state index contributed by atoms with van der Waals surface area (Å²) in [6.07, 6.45) is 1.81. The molecule has 1 N–H and O–H groups in total. The summed E-state index contributed by atoms with van der Waals surface area (Å²) in [6.45, 7) is 2.63. The number of hydrogen-bond acceptors (Lipinski definition) is 3. The maximum Gasteiger partial charge on any atom is 0.0705 e. The summed E-state index contributed by atoms with van der Waals surface area (Å²) in [6, 6.07) is 16.4. The molecule has 1 atom stereocenters. The lowest BCUT2D eigenvalue weighted by atomic mass is 10.1. The van der Waals surface area contributed by atoms with Gasteiger partial charge in [-0.1, -0.05) is 36.4 Å². The number of pyridine rings is 1. The van der Waals surface area contributed by atoms with E-state index in [-0.39, 0.29) is 6.10 Å². The highest BCUT2D eigenvalue weighted by atomic mass is 16.3. The van der Waals surface area contributed by atoms with E-state index < -0.39 is 0 Å². The normalized spacial score (nSPS) is 19.9. The number of β-amino-alcohol motifs (C(OH)–C–C–N with tert-alkyl or cyclic N) is 1. The molecule has 3 nitrogen and oxygen atoms in total. The molecule has 3 rings (SSSR count). The van der Waals surface area contributed by atoms with Crippen molar-refractivity contribution < 1.29 is 5.11 Å². The van der Waals surface area contributed by atoms with E-state index in [1.165, 1.54) is 0 Å². The predicted octanol–water partition coefficient (Wildman–Crippen LogP) is 2.71. The SMILES string of the molecule is OC1CCCN(Cc2cccc(-c3ccccc3)n2)C1. The maximum absolute atomic E-state index is 9.73. The highest BCUT2D eigenvalue weighted by Crippen LogP contribution is 2.18. The standard InChI is InChI=1S/C17H20N2O/c20-16-9-5-11-19(13-16)12-15-8-4-10-17(18-15)14-6-2-1-3-7-14/h1-4,6-8,10,16,20H,5,9,11-13H2. The Morgan fingerprint density at radius 3 is 2.75 bits per heavy atom. The summed E-state index contributed by atoms with van der Waals surface area (Å²) >= 11 is 0. The molecule has 104 valence electrons. The van der Waals surface area contributed by atoms with Gasteiger partial charge in [0, 0.05) is 18.7 Å². The molecule has 0 aliphatic carbocycles. The van der Waals surface area contributed by atoms with Gasteiger partial charge >= 0.3 is 0 Å². The Labute approximate surface area is 119 Å². The molecule has 1 saturated heterocycles. The number of benzene rings is 1. The van der Waals surface area contributed by atoms with E-state index in [0.717, 1.165) is 49.4 Å². The van der Waals surface area contributed by atoms with Crippen LogP contribution in [-0.4, -0.2) is 34.2 Å². The molecule has 0 spiro atoms. The number of hydrogen-bond donors (Lipinski definition) is 1. The van der Waals surface area contributed by atoms with Gasteiger partial charge in [-0.3, -0.25) is 9.88 Å². The maximum atomic E-state index is 9.73. The van der Waals surface area contributed by atoms with Crippen molar-refractivity contribution in [3.05, 3.63) is 54.2 Å². The van der Waals surface area contributed by atoms with Crippen molar-refractivity contribution in [3.8, 4) is 11.3 Å². The summed E-state index contributed by atoms with van der Waals surface area (Å²) in [7, 11) is 0. The van der Waals surface area contributed by atoms with Crippen LogP contribution in [0.5, 0.6) is 0 Å². The van der Waals surface area contributed by atoms with Crippen LogP contribution in [0.3, 0.4) is 0 Å². The van der Waals surface area contributed by atoms with E-state index in [0.29, 0.717) is 0 Å². The lowest BCUT2D eigenvalue weighted by Crippen LogP contribution is -2.37. The van der Waals surface area contributed by atoms with E-state index in [2.05, 4.69) is 29.2 Å². The molecule has 0 saturated carbocycles. The van der Waals surface area contributed by atoms with Crippen molar-refractivity contribution >= 4 is 0 Å². The summed E-state index contributed by atoms with van der Waals surface area (Å²) in [5.41, 5.74) is 3.23. The van der Waals surface area contributed by atoms with Crippen molar-refractivity contribution in [1.29, 1.82) is 0 Å². The molecule has 0 amide bonds. The Kier molecular flexibility index (Phi) is 4.09.